The standard InChI is InChI=1S/C25H30FN5O/c1-16-22(12-27)25(30-29-24(16)21-4-2-3-5-23(21)26)28-20-10-18-14-31(15-19(18)11-20)13-17-6-8-32-9-7-17/h2-5,17-20H,6-11,13-15H2,1H3,(H,28,30)/t18-,19+,20-. The summed E-state index contributed by atoms with van der Waals surface area (Å²) in [6.45, 7) is 7.18. The Kier molecular flexibility index (Phi) is 6.07. The molecule has 7 heteroatoms. The first kappa shape index (κ1) is 21.3. The van der Waals surface area contributed by atoms with E-state index >= 15 is 0 Å². The first-order valence-corrected chi connectivity index (χ1v) is 11.7. The molecule has 1 aromatic heterocycles. The fourth-order valence-corrected chi connectivity index (χ4v) is 5.82. The fraction of sp³-hybridized carbons (Fsp3) is 0.560. The summed E-state index contributed by atoms with van der Waals surface area (Å²) >= 11 is 0. The van der Waals surface area contributed by atoms with Crippen molar-refractivity contribution in [1.82, 2.24) is 15.1 Å². The first-order valence-electron chi connectivity index (χ1n) is 11.7. The van der Waals surface area contributed by atoms with Crippen LogP contribution in [0.25, 0.3) is 11.3 Å². The number of rotatable bonds is 5. The molecule has 1 aromatic carbocycles. The van der Waals surface area contributed by atoms with Crippen LogP contribution in [-0.4, -0.2) is 54.0 Å². The molecule has 0 unspecified atom stereocenters. The van der Waals surface area contributed by atoms with E-state index < -0.39 is 0 Å². The minimum absolute atomic E-state index is 0.301. The van der Waals surface area contributed by atoms with E-state index in [1.807, 2.05) is 6.92 Å². The number of ether oxygens (including phenoxy) is 1. The normalized spacial score (nSPS) is 26.1. The van der Waals surface area contributed by atoms with Crippen molar-refractivity contribution in [3.63, 3.8) is 0 Å². The largest absolute Gasteiger partial charge is 0.381 e. The lowest BCUT2D eigenvalue weighted by Gasteiger charge is -2.27. The SMILES string of the molecule is Cc1c(-c2ccccc2F)nnc(N[C@@H]2C[C@@H]3CN(CC4CCOCC4)C[C@@H]3C2)c1C#N. The predicted molar refractivity (Wildman–Crippen MR) is 120 cm³/mol. The molecule has 0 bridgehead atoms. The Morgan fingerprint density at radius 1 is 1.16 bits per heavy atom. The molecule has 6 nitrogen and oxygen atoms in total. The van der Waals surface area contributed by atoms with Gasteiger partial charge in [-0.2, -0.15) is 5.26 Å². The van der Waals surface area contributed by atoms with Crippen LogP contribution in [0.3, 0.4) is 0 Å². The number of hydrogen-bond acceptors (Lipinski definition) is 6. The van der Waals surface area contributed by atoms with E-state index in [9.17, 15) is 9.65 Å². The minimum Gasteiger partial charge on any atom is -0.381 e. The Labute approximate surface area is 188 Å². The van der Waals surface area contributed by atoms with E-state index in [0.717, 1.165) is 32.0 Å². The monoisotopic (exact) mass is 435 g/mol. The number of nitrogens with zero attached hydrogens (tertiary/aromatic N) is 4. The van der Waals surface area contributed by atoms with Gasteiger partial charge in [-0.15, -0.1) is 10.2 Å². The van der Waals surface area contributed by atoms with Gasteiger partial charge < -0.3 is 15.0 Å². The Morgan fingerprint density at radius 3 is 2.56 bits per heavy atom. The van der Waals surface area contributed by atoms with Gasteiger partial charge in [-0.05, 0) is 68.1 Å². The number of nitrogens with one attached hydrogen (secondary N) is 1. The Hall–Kier alpha value is -2.56. The molecule has 3 fully saturated rings. The minimum atomic E-state index is -0.358. The Morgan fingerprint density at radius 2 is 1.88 bits per heavy atom. The van der Waals surface area contributed by atoms with Crippen molar-refractivity contribution >= 4 is 5.82 Å². The molecule has 2 aromatic rings. The zero-order valence-electron chi connectivity index (χ0n) is 18.6. The number of benzene rings is 1. The number of nitriles is 1. The lowest BCUT2D eigenvalue weighted by molar-refractivity contribution is 0.0545. The molecule has 168 valence electrons. The van der Waals surface area contributed by atoms with Gasteiger partial charge in [-0.3, -0.25) is 0 Å². The third-order valence-electron chi connectivity index (χ3n) is 7.48. The molecule has 0 amide bonds. The van der Waals surface area contributed by atoms with Crippen molar-refractivity contribution in [2.24, 2.45) is 17.8 Å². The van der Waals surface area contributed by atoms with Crippen LogP contribution in [0.5, 0.6) is 0 Å². The number of halogens is 1. The number of hydrogen-bond donors (Lipinski definition) is 1. The quantitative estimate of drug-likeness (QED) is 0.765. The highest BCUT2D eigenvalue weighted by atomic mass is 19.1. The summed E-state index contributed by atoms with van der Waals surface area (Å²) in [5, 5.41) is 21.9. The molecule has 5 rings (SSSR count). The van der Waals surface area contributed by atoms with Gasteiger partial charge in [0.2, 0.25) is 0 Å². The Balaban J connectivity index is 1.24. The van der Waals surface area contributed by atoms with Crippen molar-refractivity contribution < 1.29 is 9.13 Å². The predicted octanol–water partition coefficient (Wildman–Crippen LogP) is 4.01. The van der Waals surface area contributed by atoms with Crippen molar-refractivity contribution in [3.05, 3.63) is 41.2 Å². The van der Waals surface area contributed by atoms with Crippen molar-refractivity contribution in [2.75, 3.05) is 38.2 Å². The van der Waals surface area contributed by atoms with Gasteiger partial charge in [0.1, 0.15) is 23.1 Å². The molecule has 1 saturated carbocycles. The highest BCUT2D eigenvalue weighted by Gasteiger charge is 2.41. The summed E-state index contributed by atoms with van der Waals surface area (Å²) in [4.78, 5) is 2.65. The van der Waals surface area contributed by atoms with Crippen LogP contribution in [-0.2, 0) is 4.74 Å². The maximum absolute atomic E-state index is 14.3. The van der Waals surface area contributed by atoms with Gasteiger partial charge in [-0.25, -0.2) is 4.39 Å². The molecule has 1 N–H and O–H groups in total. The maximum atomic E-state index is 14.3. The summed E-state index contributed by atoms with van der Waals surface area (Å²) in [6.07, 6.45) is 4.56. The highest BCUT2D eigenvalue weighted by molar-refractivity contribution is 5.69. The molecule has 32 heavy (non-hydrogen) atoms. The van der Waals surface area contributed by atoms with E-state index in [4.69, 9.17) is 4.74 Å². The number of fused-ring (bicyclic) bond motifs is 1. The zero-order valence-corrected chi connectivity index (χ0v) is 18.6. The molecule has 2 saturated heterocycles. The first-order chi connectivity index (χ1) is 15.6. The third kappa shape index (κ3) is 4.22. The smallest absolute Gasteiger partial charge is 0.167 e. The van der Waals surface area contributed by atoms with Crippen LogP contribution in [0.2, 0.25) is 0 Å². The summed E-state index contributed by atoms with van der Waals surface area (Å²) in [5.41, 5.74) is 1.92. The van der Waals surface area contributed by atoms with Gasteiger partial charge in [0.15, 0.2) is 5.82 Å². The second kappa shape index (κ2) is 9.13. The van der Waals surface area contributed by atoms with Gasteiger partial charge in [-0.1, -0.05) is 12.1 Å². The van der Waals surface area contributed by atoms with E-state index in [1.165, 1.54) is 38.5 Å². The molecule has 0 radical (unpaired) electrons. The fourth-order valence-electron chi connectivity index (χ4n) is 5.82. The second-order valence-electron chi connectivity index (χ2n) is 9.60. The highest BCUT2D eigenvalue weighted by Crippen LogP contribution is 2.40. The molecule has 3 heterocycles. The van der Waals surface area contributed by atoms with Crippen LogP contribution in [0, 0.1) is 41.8 Å². The lowest BCUT2D eigenvalue weighted by atomic mass is 10.00. The van der Waals surface area contributed by atoms with Crippen LogP contribution >= 0.6 is 0 Å². The maximum Gasteiger partial charge on any atom is 0.167 e. The van der Waals surface area contributed by atoms with Gasteiger partial charge >= 0.3 is 0 Å². The summed E-state index contributed by atoms with van der Waals surface area (Å²) in [7, 11) is 0. The lowest BCUT2D eigenvalue weighted by Crippen LogP contribution is -2.32. The molecular weight excluding hydrogens is 405 g/mol. The number of anilines is 1. The van der Waals surface area contributed by atoms with Crippen molar-refractivity contribution in [1.29, 1.82) is 5.26 Å². The van der Waals surface area contributed by atoms with E-state index in [-0.39, 0.29) is 5.82 Å². The van der Waals surface area contributed by atoms with Gasteiger partial charge in [0.05, 0.1) is 0 Å². The van der Waals surface area contributed by atoms with Gasteiger partial charge in [0, 0.05) is 44.5 Å². The average molecular weight is 436 g/mol. The van der Waals surface area contributed by atoms with Crippen LogP contribution in [0.15, 0.2) is 24.3 Å². The second-order valence-corrected chi connectivity index (χ2v) is 9.60. The average Bonchev–Trinajstić information content (AvgIpc) is 3.33. The van der Waals surface area contributed by atoms with E-state index in [2.05, 4.69) is 26.5 Å². The molecule has 0 spiro atoms. The molecule has 1 aliphatic carbocycles. The third-order valence-corrected chi connectivity index (χ3v) is 7.48. The topological polar surface area (TPSA) is 74.1 Å². The summed E-state index contributed by atoms with van der Waals surface area (Å²) in [6, 6.07) is 9.04. The van der Waals surface area contributed by atoms with Gasteiger partial charge in [0.25, 0.3) is 0 Å². The zero-order chi connectivity index (χ0) is 22.1. The summed E-state index contributed by atoms with van der Waals surface area (Å²) < 4.78 is 19.7. The van der Waals surface area contributed by atoms with E-state index in [0.29, 0.717) is 46.1 Å². The van der Waals surface area contributed by atoms with Crippen molar-refractivity contribution in [3.8, 4) is 17.3 Å². The van der Waals surface area contributed by atoms with Crippen LogP contribution in [0.1, 0.15) is 36.8 Å². The Bertz CT molecular complexity index is 1000. The molecule has 3 aliphatic rings. The molecule has 2 aliphatic heterocycles. The van der Waals surface area contributed by atoms with Crippen molar-refractivity contribution in [2.45, 2.75) is 38.6 Å². The number of aromatic nitrogens is 2. The van der Waals surface area contributed by atoms with Crippen LogP contribution < -0.4 is 5.32 Å². The molecule has 3 atom stereocenters. The number of likely N-dealkylation sites (tertiary alicyclic amines) is 1. The molecular formula is C25H30FN5O. The van der Waals surface area contributed by atoms with E-state index in [1.54, 1.807) is 18.2 Å². The summed E-state index contributed by atoms with van der Waals surface area (Å²) in [5.74, 6) is 2.34. The van der Waals surface area contributed by atoms with Crippen LogP contribution in [0.4, 0.5) is 10.2 Å².